The molecule has 302 valence electrons. The van der Waals surface area contributed by atoms with E-state index in [9.17, 15) is 46.2 Å². The minimum Gasteiger partial charge on any atom is -0.453 e. The Morgan fingerprint density at radius 1 is 1.00 bits per heavy atom. The van der Waals surface area contributed by atoms with Crippen LogP contribution in [0.3, 0.4) is 0 Å². The molecule has 1 aromatic heterocycles. The Balaban J connectivity index is 1.88. The van der Waals surface area contributed by atoms with Crippen LogP contribution in [-0.2, 0) is 30.3 Å². The molecular weight excluding hydrogens is 743 g/mol. The number of aromatic nitrogens is 2. The summed E-state index contributed by atoms with van der Waals surface area (Å²) < 4.78 is 113. The molecule has 54 heavy (non-hydrogen) atoms. The topological polar surface area (TPSA) is 185 Å². The highest BCUT2D eigenvalue weighted by Gasteiger charge is 2.55. The molecule has 4 amide bonds. The molecule has 1 unspecified atom stereocenters. The summed E-state index contributed by atoms with van der Waals surface area (Å²) in [5.41, 5.74) is -2.57. The molecule has 3 rings (SSSR count). The van der Waals surface area contributed by atoms with Gasteiger partial charge in [-0.25, -0.2) is 28.1 Å². The molecule has 5 N–H and O–H groups in total. The lowest BCUT2D eigenvalue weighted by Crippen LogP contribution is -2.60. The molecule has 0 saturated carbocycles. The van der Waals surface area contributed by atoms with Crippen LogP contribution in [0.5, 0.6) is 0 Å². The minimum absolute atomic E-state index is 0.138. The molecule has 1 fully saturated rings. The van der Waals surface area contributed by atoms with Crippen molar-refractivity contribution < 1.29 is 69.2 Å². The first-order valence-corrected chi connectivity index (χ1v) is 16.2. The van der Waals surface area contributed by atoms with E-state index in [1.807, 2.05) is 5.32 Å². The zero-order valence-electron chi connectivity index (χ0n) is 30.0. The van der Waals surface area contributed by atoms with Crippen molar-refractivity contribution in [2.75, 3.05) is 33.4 Å². The van der Waals surface area contributed by atoms with Gasteiger partial charge in [-0.2, -0.15) is 27.1 Å². The molecule has 1 aromatic carbocycles. The highest BCUT2D eigenvalue weighted by Crippen LogP contribution is 2.40. The van der Waals surface area contributed by atoms with Crippen LogP contribution in [0.2, 0.25) is 0 Å². The van der Waals surface area contributed by atoms with E-state index in [2.05, 4.69) is 25.9 Å². The molecule has 3 atom stereocenters. The van der Waals surface area contributed by atoms with Crippen LogP contribution >= 0.6 is 0 Å². The number of ether oxygens (including phenoxy) is 3. The number of amides is 4. The molecule has 0 spiro atoms. The number of benzene rings is 1. The summed E-state index contributed by atoms with van der Waals surface area (Å²) in [4.78, 5) is 50.9. The van der Waals surface area contributed by atoms with Gasteiger partial charge in [-0.05, 0) is 37.5 Å². The number of methoxy groups -OCH3 is 1. The Kier molecular flexibility index (Phi) is 14.3. The van der Waals surface area contributed by atoms with Crippen LogP contribution in [0, 0.1) is 22.5 Å². The van der Waals surface area contributed by atoms with E-state index in [4.69, 9.17) is 9.47 Å². The summed E-state index contributed by atoms with van der Waals surface area (Å²) in [6, 6.07) is -0.914. The van der Waals surface area contributed by atoms with E-state index in [0.717, 1.165) is 36.5 Å². The normalized spacial score (nSPS) is 15.6. The van der Waals surface area contributed by atoms with Gasteiger partial charge < -0.3 is 35.3 Å². The number of alkyl halides is 5. The second-order valence-corrected chi connectivity index (χ2v) is 13.9. The Morgan fingerprint density at radius 2 is 1.59 bits per heavy atom. The predicted octanol–water partition coefficient (Wildman–Crippen LogP) is 3.39. The number of aliphatic hydroxyl groups excluding tert-OH is 1. The maximum Gasteiger partial charge on any atom is 0.408 e. The average Bonchev–Trinajstić information content (AvgIpc) is 3.54. The monoisotopic (exact) mass is 785 g/mol. The number of aliphatic hydroxyl groups is 1. The number of hydrogen-bond donors (Lipinski definition) is 5. The smallest absolute Gasteiger partial charge is 0.408 e. The number of hydrogen-bond acceptors (Lipinski definition) is 10. The van der Waals surface area contributed by atoms with Gasteiger partial charge in [0.1, 0.15) is 23.7 Å². The summed E-state index contributed by atoms with van der Waals surface area (Å²) in [5, 5.41) is 21.6. The maximum absolute atomic E-state index is 15.5. The molecule has 0 bridgehead atoms. The van der Waals surface area contributed by atoms with Gasteiger partial charge in [0, 0.05) is 37.0 Å². The highest BCUT2D eigenvalue weighted by molar-refractivity contribution is 5.87. The number of nitrogens with zero attached hydrogens (tertiary/aromatic N) is 3. The molecule has 22 heteroatoms. The fourth-order valence-electron chi connectivity index (χ4n) is 4.88. The summed E-state index contributed by atoms with van der Waals surface area (Å²) in [7, 11) is 0.865. The number of rotatable bonds is 15. The van der Waals surface area contributed by atoms with Crippen molar-refractivity contribution >= 4 is 24.0 Å². The second kappa shape index (κ2) is 17.6. The van der Waals surface area contributed by atoms with Gasteiger partial charge in [-0.1, -0.05) is 20.8 Å². The molecule has 0 radical (unpaired) electrons. The first kappa shape index (κ1) is 43.7. The molecule has 15 nitrogen and oxygen atoms in total. The van der Waals surface area contributed by atoms with Gasteiger partial charge in [0.2, 0.25) is 5.91 Å². The summed E-state index contributed by atoms with van der Waals surface area (Å²) >= 11 is 0. The van der Waals surface area contributed by atoms with E-state index in [-0.39, 0.29) is 29.2 Å². The maximum atomic E-state index is 15.5. The highest BCUT2D eigenvalue weighted by atomic mass is 19.4. The van der Waals surface area contributed by atoms with Crippen LogP contribution in [0.15, 0.2) is 24.4 Å². The lowest BCUT2D eigenvalue weighted by molar-refractivity contribution is -0.220. The van der Waals surface area contributed by atoms with E-state index >= 15 is 8.78 Å². The van der Waals surface area contributed by atoms with Crippen molar-refractivity contribution in [1.82, 2.24) is 36.2 Å². The van der Waals surface area contributed by atoms with Crippen LogP contribution in [-0.4, -0.2) is 108 Å². The van der Waals surface area contributed by atoms with Crippen molar-refractivity contribution in [2.45, 2.75) is 78.2 Å². The largest absolute Gasteiger partial charge is 0.453 e. The standard InChI is InChI=1S/C32H42F7N7O8/c1-30(2,3)23(41-29(51)54-18-14-53-15-18)26(49)44-45(13-19-20(33)9-16(10-21(19)34)22-7-8-46(43-22)27(35)36)12-17(47)11-40-25(48)24(42-28(50)52-6)31(4,5)32(37,38)39/h7-10,17-18,23-24,27,47H,11-15H2,1-6H3,(H,40,48)(H,41,51)(H,42,50)(H,44,49)/t17-,23-,24?/m1/s1. The molecular formula is C32H42F7N7O8. The fourth-order valence-corrected chi connectivity index (χ4v) is 4.88. The SMILES string of the molecule is COC(=O)NC(C(=O)NC[C@@H](O)CN(Cc1c(F)cc(-c2ccn(C(F)F)n2)cc1F)NC(=O)[C@@H](NC(=O)OC1COC1)C(C)(C)C)C(C)(C)C(F)(F)F. The van der Waals surface area contributed by atoms with Crippen LogP contribution < -0.4 is 21.4 Å². The van der Waals surface area contributed by atoms with Crippen molar-refractivity contribution in [1.29, 1.82) is 0 Å². The van der Waals surface area contributed by atoms with E-state index in [0.29, 0.717) is 13.8 Å². The fraction of sp³-hybridized carbons (Fsp3) is 0.594. The van der Waals surface area contributed by atoms with Crippen molar-refractivity contribution in [3.8, 4) is 11.3 Å². The lowest BCUT2D eigenvalue weighted by Gasteiger charge is -2.35. The predicted molar refractivity (Wildman–Crippen MR) is 173 cm³/mol. The third kappa shape index (κ3) is 11.4. The summed E-state index contributed by atoms with van der Waals surface area (Å²) in [5.74, 6) is -4.78. The number of carbonyl (C=O) groups is 4. The van der Waals surface area contributed by atoms with Gasteiger partial charge >= 0.3 is 24.9 Å². The van der Waals surface area contributed by atoms with Crippen LogP contribution in [0.1, 0.15) is 46.7 Å². The van der Waals surface area contributed by atoms with Crippen molar-refractivity contribution in [3.05, 3.63) is 41.6 Å². The molecule has 2 aromatic rings. The van der Waals surface area contributed by atoms with Gasteiger partial charge in [0.25, 0.3) is 5.91 Å². The Hall–Kier alpha value is -4.70. The molecule has 1 aliphatic heterocycles. The third-order valence-corrected chi connectivity index (χ3v) is 8.24. The lowest BCUT2D eigenvalue weighted by atomic mass is 9.83. The quantitative estimate of drug-likeness (QED) is 0.133. The summed E-state index contributed by atoms with van der Waals surface area (Å²) in [6.45, 7) is 0.925. The van der Waals surface area contributed by atoms with Crippen LogP contribution in [0.4, 0.5) is 40.3 Å². The first-order valence-electron chi connectivity index (χ1n) is 16.2. The van der Waals surface area contributed by atoms with Gasteiger partial charge in [-0.3, -0.25) is 15.0 Å². The van der Waals surface area contributed by atoms with E-state index in [1.54, 1.807) is 20.8 Å². The van der Waals surface area contributed by atoms with Gasteiger partial charge in [0.05, 0.1) is 37.5 Å². The third-order valence-electron chi connectivity index (χ3n) is 8.24. The zero-order chi connectivity index (χ0) is 40.8. The Labute approximate surface area is 304 Å². The van der Waals surface area contributed by atoms with Crippen molar-refractivity contribution in [3.63, 3.8) is 0 Å². The number of alkyl carbamates (subject to hydrolysis) is 2. The van der Waals surface area contributed by atoms with Gasteiger partial charge in [-0.15, -0.1) is 0 Å². The van der Waals surface area contributed by atoms with Crippen LogP contribution in [0.25, 0.3) is 11.3 Å². The first-order chi connectivity index (χ1) is 24.9. The Morgan fingerprint density at radius 3 is 2.07 bits per heavy atom. The molecule has 2 heterocycles. The average molecular weight is 786 g/mol. The molecule has 0 aliphatic carbocycles. The summed E-state index contributed by atoms with van der Waals surface area (Å²) in [6.07, 6.45) is -8.75. The number of carbonyl (C=O) groups excluding carboxylic acids is 4. The number of hydrazine groups is 1. The molecule has 1 saturated heterocycles. The second-order valence-electron chi connectivity index (χ2n) is 13.9. The molecule has 1 aliphatic rings. The number of halogens is 7. The Bertz CT molecular complexity index is 1620. The van der Waals surface area contributed by atoms with E-state index in [1.165, 1.54) is 0 Å². The van der Waals surface area contributed by atoms with Gasteiger partial charge in [0.15, 0.2) is 6.10 Å². The van der Waals surface area contributed by atoms with E-state index < -0.39 is 109 Å². The minimum atomic E-state index is -5.00. The van der Waals surface area contributed by atoms with Crippen molar-refractivity contribution in [2.24, 2.45) is 10.8 Å². The zero-order valence-corrected chi connectivity index (χ0v) is 30.0. The number of nitrogens with one attached hydrogen (secondary N) is 4.